The van der Waals surface area contributed by atoms with Crippen LogP contribution in [0, 0.1) is 12.7 Å². The molecule has 0 amide bonds. The van der Waals surface area contributed by atoms with Crippen molar-refractivity contribution in [3.05, 3.63) is 57.5 Å². The average molecular weight is 262 g/mol. The molecule has 0 saturated carbocycles. The molecule has 0 radical (unpaired) electrons. The van der Waals surface area contributed by atoms with Gasteiger partial charge in [-0.15, -0.1) is 11.3 Å². The normalized spacial score (nSPS) is 11.6. The fourth-order valence-corrected chi connectivity index (χ4v) is 2.40. The third kappa shape index (κ3) is 2.84. The van der Waals surface area contributed by atoms with Crippen molar-refractivity contribution in [2.75, 3.05) is 0 Å². The number of carbonyl (C=O) groups is 1. The first-order valence-corrected chi connectivity index (χ1v) is 6.20. The lowest BCUT2D eigenvalue weighted by Crippen LogP contribution is -1.99. The Hall–Kier alpha value is -1.94. The highest BCUT2D eigenvalue weighted by molar-refractivity contribution is 7.11. The van der Waals surface area contributed by atoms with Crippen LogP contribution in [0.2, 0.25) is 0 Å². The van der Waals surface area contributed by atoms with Gasteiger partial charge < -0.3 is 5.11 Å². The van der Waals surface area contributed by atoms with Gasteiger partial charge in [-0.2, -0.15) is 0 Å². The number of carboxylic acid groups (broad SMARTS) is 1. The van der Waals surface area contributed by atoms with E-state index >= 15 is 0 Å². The van der Waals surface area contributed by atoms with Crippen molar-refractivity contribution in [3.63, 3.8) is 0 Å². The molecule has 1 aromatic carbocycles. The van der Waals surface area contributed by atoms with E-state index in [1.165, 1.54) is 35.6 Å². The van der Waals surface area contributed by atoms with Gasteiger partial charge >= 0.3 is 5.97 Å². The number of carboxylic acids is 1. The van der Waals surface area contributed by atoms with Crippen LogP contribution in [0.4, 0.5) is 4.39 Å². The molecule has 0 bridgehead atoms. The highest BCUT2D eigenvalue weighted by Crippen LogP contribution is 2.23. The van der Waals surface area contributed by atoms with Gasteiger partial charge in [0.1, 0.15) is 5.82 Å². The van der Waals surface area contributed by atoms with E-state index in [1.54, 1.807) is 6.08 Å². The van der Waals surface area contributed by atoms with Gasteiger partial charge in [-0.3, -0.25) is 0 Å². The molecule has 4 heteroatoms. The lowest BCUT2D eigenvalue weighted by atomic mass is 10.1. The molecule has 92 valence electrons. The molecule has 18 heavy (non-hydrogen) atoms. The van der Waals surface area contributed by atoms with Gasteiger partial charge in [0.05, 0.1) is 5.57 Å². The second kappa shape index (κ2) is 5.14. The van der Waals surface area contributed by atoms with E-state index in [9.17, 15) is 14.3 Å². The van der Waals surface area contributed by atoms with Gasteiger partial charge in [0.25, 0.3) is 0 Å². The molecule has 1 aromatic heterocycles. The van der Waals surface area contributed by atoms with Crippen LogP contribution in [0.3, 0.4) is 0 Å². The van der Waals surface area contributed by atoms with Crippen molar-refractivity contribution in [2.45, 2.75) is 6.92 Å². The molecular weight excluding hydrogens is 251 g/mol. The summed E-state index contributed by atoms with van der Waals surface area (Å²) >= 11 is 1.48. The molecule has 1 N–H and O–H groups in total. The number of benzene rings is 1. The highest BCUT2D eigenvalue weighted by Gasteiger charge is 2.11. The van der Waals surface area contributed by atoms with Crippen LogP contribution < -0.4 is 0 Å². The molecular formula is C14H11FO2S. The molecule has 0 aliphatic rings. The van der Waals surface area contributed by atoms with E-state index in [0.29, 0.717) is 5.56 Å². The minimum atomic E-state index is -1.02. The van der Waals surface area contributed by atoms with Crippen molar-refractivity contribution < 1.29 is 14.3 Å². The minimum absolute atomic E-state index is 0.164. The van der Waals surface area contributed by atoms with Gasteiger partial charge in [0.15, 0.2) is 0 Å². The number of aryl methyl sites for hydroxylation is 1. The summed E-state index contributed by atoms with van der Waals surface area (Å²) in [6.07, 6.45) is 1.60. The molecule has 0 aliphatic carbocycles. The summed E-state index contributed by atoms with van der Waals surface area (Å²) in [5.41, 5.74) is 1.75. The molecule has 0 saturated heterocycles. The number of aliphatic carboxylic acids is 1. The minimum Gasteiger partial charge on any atom is -0.478 e. The molecule has 0 spiro atoms. The van der Waals surface area contributed by atoms with Crippen LogP contribution in [0.15, 0.2) is 35.7 Å². The summed E-state index contributed by atoms with van der Waals surface area (Å²) in [5.74, 6) is -1.40. The summed E-state index contributed by atoms with van der Waals surface area (Å²) in [4.78, 5) is 12.1. The Morgan fingerprint density at radius 2 is 2.00 bits per heavy atom. The van der Waals surface area contributed by atoms with Gasteiger partial charge in [0, 0.05) is 4.88 Å². The van der Waals surface area contributed by atoms with Crippen molar-refractivity contribution in [2.24, 2.45) is 0 Å². The SMILES string of the molecule is Cc1csc(C=C(C(=O)O)c2ccc(F)cc2)c1. The second-order valence-corrected chi connectivity index (χ2v) is 4.84. The summed E-state index contributed by atoms with van der Waals surface area (Å²) in [6, 6.07) is 7.36. The quantitative estimate of drug-likeness (QED) is 0.854. The predicted molar refractivity (Wildman–Crippen MR) is 71.0 cm³/mol. The Bertz CT molecular complexity index is 597. The lowest BCUT2D eigenvalue weighted by molar-refractivity contribution is -0.130. The van der Waals surface area contributed by atoms with E-state index in [2.05, 4.69) is 0 Å². The second-order valence-electron chi connectivity index (χ2n) is 3.90. The number of hydrogen-bond donors (Lipinski definition) is 1. The summed E-state index contributed by atoms with van der Waals surface area (Å²) < 4.78 is 12.8. The Morgan fingerprint density at radius 3 is 2.50 bits per heavy atom. The fourth-order valence-electron chi connectivity index (χ4n) is 1.57. The van der Waals surface area contributed by atoms with Crippen LogP contribution in [0.25, 0.3) is 11.6 Å². The molecule has 0 unspecified atom stereocenters. The van der Waals surface area contributed by atoms with Crippen molar-refractivity contribution >= 4 is 29.0 Å². The van der Waals surface area contributed by atoms with Gasteiger partial charge in [-0.25, -0.2) is 9.18 Å². The van der Waals surface area contributed by atoms with Crippen LogP contribution in [-0.2, 0) is 4.79 Å². The topological polar surface area (TPSA) is 37.3 Å². The van der Waals surface area contributed by atoms with E-state index < -0.39 is 5.97 Å². The Labute approximate surface area is 108 Å². The molecule has 2 aromatic rings. The van der Waals surface area contributed by atoms with Gasteiger partial charge in [-0.1, -0.05) is 12.1 Å². The van der Waals surface area contributed by atoms with Crippen molar-refractivity contribution in [1.82, 2.24) is 0 Å². The Kier molecular flexibility index (Phi) is 3.58. The number of thiophene rings is 1. The van der Waals surface area contributed by atoms with Gasteiger partial charge in [-0.05, 0) is 47.7 Å². The number of halogens is 1. The zero-order valence-electron chi connectivity index (χ0n) is 9.68. The zero-order valence-corrected chi connectivity index (χ0v) is 10.5. The summed E-state index contributed by atoms with van der Waals surface area (Å²) in [7, 11) is 0. The zero-order chi connectivity index (χ0) is 13.1. The van der Waals surface area contributed by atoms with Crippen LogP contribution in [-0.4, -0.2) is 11.1 Å². The first-order chi connectivity index (χ1) is 8.56. The lowest BCUT2D eigenvalue weighted by Gasteiger charge is -2.02. The maximum atomic E-state index is 12.8. The molecule has 0 fully saturated rings. The Morgan fingerprint density at radius 1 is 1.33 bits per heavy atom. The maximum absolute atomic E-state index is 12.8. The molecule has 1 heterocycles. The molecule has 0 aliphatic heterocycles. The fraction of sp³-hybridized carbons (Fsp3) is 0.0714. The molecule has 2 nitrogen and oxygen atoms in total. The third-order valence-electron chi connectivity index (χ3n) is 2.42. The van der Waals surface area contributed by atoms with Crippen molar-refractivity contribution in [1.29, 1.82) is 0 Å². The van der Waals surface area contributed by atoms with Gasteiger partial charge in [0.2, 0.25) is 0 Å². The molecule has 2 rings (SSSR count). The summed E-state index contributed by atoms with van der Waals surface area (Å²) in [6.45, 7) is 1.95. The highest BCUT2D eigenvalue weighted by atomic mass is 32.1. The largest absolute Gasteiger partial charge is 0.478 e. The van der Waals surface area contributed by atoms with E-state index in [1.807, 2.05) is 18.4 Å². The van der Waals surface area contributed by atoms with E-state index in [-0.39, 0.29) is 11.4 Å². The predicted octanol–water partition coefficient (Wildman–Crippen LogP) is 3.82. The first kappa shape index (κ1) is 12.5. The molecule has 0 atom stereocenters. The van der Waals surface area contributed by atoms with E-state index in [0.717, 1.165) is 10.4 Å². The van der Waals surface area contributed by atoms with Crippen LogP contribution in [0.1, 0.15) is 16.0 Å². The first-order valence-electron chi connectivity index (χ1n) is 5.32. The Balaban J connectivity index is 2.43. The van der Waals surface area contributed by atoms with Crippen molar-refractivity contribution in [3.8, 4) is 0 Å². The van der Waals surface area contributed by atoms with Crippen LogP contribution in [0.5, 0.6) is 0 Å². The van der Waals surface area contributed by atoms with Crippen LogP contribution >= 0.6 is 11.3 Å². The standard InChI is InChI=1S/C14H11FO2S/c1-9-6-12(18-8-9)7-13(14(16)17)10-2-4-11(15)5-3-10/h2-8H,1H3,(H,16,17). The van der Waals surface area contributed by atoms with E-state index in [4.69, 9.17) is 0 Å². The monoisotopic (exact) mass is 262 g/mol. The number of rotatable bonds is 3. The average Bonchev–Trinajstić information content (AvgIpc) is 2.73. The third-order valence-corrected chi connectivity index (χ3v) is 3.42. The number of hydrogen-bond acceptors (Lipinski definition) is 2. The smallest absolute Gasteiger partial charge is 0.336 e. The maximum Gasteiger partial charge on any atom is 0.336 e. The summed E-state index contributed by atoms with van der Waals surface area (Å²) in [5, 5.41) is 11.2.